The molecule has 2 fully saturated rings. The minimum Gasteiger partial charge on any atom is -0.354 e. The standard InChI is InChI=1S/C25H32N6O3/c1-18-13-19(2)15-20(14-18)28-23(32)16-21-25(34)27-7-8-31(21)24(33)17-29-9-11-30(12-10-29)22-5-3-4-6-26-22/h3-6,13-15,21H,7-12,16-17H2,1-2H3,(H,27,34)(H,28,32)/t21-/m0/s1. The van der Waals surface area contributed by atoms with Crippen LogP contribution in [0.3, 0.4) is 0 Å². The zero-order valence-electron chi connectivity index (χ0n) is 19.8. The molecule has 0 radical (unpaired) electrons. The van der Waals surface area contributed by atoms with Gasteiger partial charge in [-0.1, -0.05) is 12.1 Å². The molecule has 0 saturated carbocycles. The lowest BCUT2D eigenvalue weighted by molar-refractivity contribution is -0.145. The Morgan fingerprint density at radius 1 is 1.06 bits per heavy atom. The molecular formula is C25H32N6O3. The van der Waals surface area contributed by atoms with Gasteiger partial charge in [0.05, 0.1) is 13.0 Å². The number of anilines is 2. The highest BCUT2D eigenvalue weighted by atomic mass is 16.2. The third-order valence-electron chi connectivity index (χ3n) is 6.24. The van der Waals surface area contributed by atoms with Crippen LogP contribution in [0.25, 0.3) is 0 Å². The number of amides is 3. The van der Waals surface area contributed by atoms with Crippen LogP contribution in [0.1, 0.15) is 17.5 Å². The molecule has 1 aromatic heterocycles. The fourth-order valence-electron chi connectivity index (χ4n) is 4.61. The SMILES string of the molecule is Cc1cc(C)cc(NC(=O)C[C@H]2C(=O)NCCN2C(=O)CN2CCN(c3ccccn3)CC2)c1. The summed E-state index contributed by atoms with van der Waals surface area (Å²) >= 11 is 0. The van der Waals surface area contributed by atoms with Crippen molar-refractivity contribution in [3.05, 3.63) is 53.7 Å². The van der Waals surface area contributed by atoms with Crippen molar-refractivity contribution in [2.45, 2.75) is 26.3 Å². The van der Waals surface area contributed by atoms with Gasteiger partial charge >= 0.3 is 0 Å². The third kappa shape index (κ3) is 5.91. The molecule has 0 bridgehead atoms. The molecule has 3 amide bonds. The first-order chi connectivity index (χ1) is 16.4. The number of benzene rings is 1. The highest BCUT2D eigenvalue weighted by molar-refractivity contribution is 5.97. The number of nitrogens with one attached hydrogen (secondary N) is 2. The summed E-state index contributed by atoms with van der Waals surface area (Å²) in [6.45, 7) is 8.01. The van der Waals surface area contributed by atoms with Crippen LogP contribution in [0.15, 0.2) is 42.6 Å². The monoisotopic (exact) mass is 464 g/mol. The zero-order valence-corrected chi connectivity index (χ0v) is 19.8. The number of aromatic nitrogens is 1. The van der Waals surface area contributed by atoms with Gasteiger partial charge in [-0.3, -0.25) is 19.3 Å². The summed E-state index contributed by atoms with van der Waals surface area (Å²) in [6.07, 6.45) is 1.71. The number of carbonyl (C=O) groups excluding carboxylic acids is 3. The van der Waals surface area contributed by atoms with E-state index in [0.717, 1.165) is 43.1 Å². The lowest BCUT2D eigenvalue weighted by Gasteiger charge is -2.38. The lowest BCUT2D eigenvalue weighted by Crippen LogP contribution is -2.60. The van der Waals surface area contributed by atoms with Gasteiger partial charge in [-0.2, -0.15) is 0 Å². The van der Waals surface area contributed by atoms with Gasteiger partial charge in [0.25, 0.3) is 0 Å². The van der Waals surface area contributed by atoms with Crippen LogP contribution in [0.4, 0.5) is 11.5 Å². The van der Waals surface area contributed by atoms with Gasteiger partial charge in [-0.05, 0) is 49.2 Å². The number of nitrogens with zero attached hydrogens (tertiary/aromatic N) is 4. The maximum Gasteiger partial charge on any atom is 0.243 e. The van der Waals surface area contributed by atoms with E-state index in [1.165, 1.54) is 0 Å². The molecule has 0 unspecified atom stereocenters. The minimum absolute atomic E-state index is 0.0714. The quantitative estimate of drug-likeness (QED) is 0.666. The van der Waals surface area contributed by atoms with E-state index in [1.807, 2.05) is 50.2 Å². The van der Waals surface area contributed by atoms with E-state index >= 15 is 0 Å². The van der Waals surface area contributed by atoms with Crippen LogP contribution >= 0.6 is 0 Å². The number of aryl methyl sites for hydroxylation is 2. The van der Waals surface area contributed by atoms with Crippen molar-refractivity contribution in [2.75, 3.05) is 56.0 Å². The Hall–Kier alpha value is -3.46. The van der Waals surface area contributed by atoms with E-state index < -0.39 is 6.04 Å². The molecule has 4 rings (SSSR count). The fraction of sp³-hybridized carbons (Fsp3) is 0.440. The minimum atomic E-state index is -0.804. The van der Waals surface area contributed by atoms with Crippen molar-refractivity contribution in [2.24, 2.45) is 0 Å². The summed E-state index contributed by atoms with van der Waals surface area (Å²) in [4.78, 5) is 48.7. The van der Waals surface area contributed by atoms with Gasteiger partial charge in [0, 0.05) is 51.2 Å². The second-order valence-electron chi connectivity index (χ2n) is 8.97. The van der Waals surface area contributed by atoms with Gasteiger partial charge in [0.15, 0.2) is 0 Å². The second kappa shape index (κ2) is 10.6. The van der Waals surface area contributed by atoms with E-state index in [4.69, 9.17) is 0 Å². The lowest BCUT2D eigenvalue weighted by atomic mass is 10.1. The number of piperazine rings is 2. The van der Waals surface area contributed by atoms with Crippen molar-refractivity contribution < 1.29 is 14.4 Å². The molecule has 1 aromatic carbocycles. The van der Waals surface area contributed by atoms with Crippen LogP contribution in [0.5, 0.6) is 0 Å². The Kier molecular flexibility index (Phi) is 7.42. The summed E-state index contributed by atoms with van der Waals surface area (Å²) in [5.41, 5.74) is 2.79. The van der Waals surface area contributed by atoms with E-state index in [-0.39, 0.29) is 30.7 Å². The first kappa shape index (κ1) is 23.7. The van der Waals surface area contributed by atoms with Gasteiger partial charge in [-0.15, -0.1) is 0 Å². The molecule has 0 spiro atoms. The van der Waals surface area contributed by atoms with E-state index in [9.17, 15) is 14.4 Å². The first-order valence-electron chi connectivity index (χ1n) is 11.7. The van der Waals surface area contributed by atoms with E-state index in [1.54, 1.807) is 11.1 Å². The number of rotatable bonds is 6. The Balaban J connectivity index is 1.33. The molecule has 2 saturated heterocycles. The summed E-state index contributed by atoms with van der Waals surface area (Å²) in [5, 5.41) is 5.67. The molecule has 2 N–H and O–H groups in total. The van der Waals surface area contributed by atoms with Gasteiger partial charge < -0.3 is 20.4 Å². The molecule has 0 aliphatic carbocycles. The number of hydrogen-bond acceptors (Lipinski definition) is 6. The highest BCUT2D eigenvalue weighted by Crippen LogP contribution is 2.17. The van der Waals surface area contributed by atoms with Crippen LogP contribution in [0.2, 0.25) is 0 Å². The van der Waals surface area contributed by atoms with Crippen molar-refractivity contribution in [1.29, 1.82) is 0 Å². The van der Waals surface area contributed by atoms with E-state index in [2.05, 4.69) is 25.4 Å². The summed E-state index contributed by atoms with van der Waals surface area (Å²) in [5.74, 6) is 0.255. The Labute approximate surface area is 200 Å². The molecule has 3 heterocycles. The molecule has 9 heteroatoms. The maximum absolute atomic E-state index is 13.1. The summed E-state index contributed by atoms with van der Waals surface area (Å²) in [6, 6.07) is 10.9. The van der Waals surface area contributed by atoms with Crippen LogP contribution in [0, 0.1) is 13.8 Å². The Morgan fingerprint density at radius 2 is 1.79 bits per heavy atom. The number of hydrogen-bond donors (Lipinski definition) is 2. The van der Waals surface area contributed by atoms with Crippen molar-refractivity contribution in [1.82, 2.24) is 20.1 Å². The molecule has 2 aromatic rings. The topological polar surface area (TPSA) is 97.9 Å². The molecule has 1 atom stereocenters. The van der Waals surface area contributed by atoms with Crippen LogP contribution < -0.4 is 15.5 Å². The smallest absolute Gasteiger partial charge is 0.243 e. The molecule has 2 aliphatic heterocycles. The molecular weight excluding hydrogens is 432 g/mol. The highest BCUT2D eigenvalue weighted by Gasteiger charge is 2.35. The Morgan fingerprint density at radius 3 is 2.47 bits per heavy atom. The largest absolute Gasteiger partial charge is 0.354 e. The summed E-state index contributed by atoms with van der Waals surface area (Å²) in [7, 11) is 0. The molecule has 180 valence electrons. The predicted octanol–water partition coefficient (Wildman–Crippen LogP) is 1.18. The summed E-state index contributed by atoms with van der Waals surface area (Å²) < 4.78 is 0. The van der Waals surface area contributed by atoms with Gasteiger partial charge in [-0.25, -0.2) is 4.98 Å². The van der Waals surface area contributed by atoms with E-state index in [0.29, 0.717) is 18.8 Å². The second-order valence-corrected chi connectivity index (χ2v) is 8.97. The average Bonchev–Trinajstić information content (AvgIpc) is 2.80. The molecule has 9 nitrogen and oxygen atoms in total. The van der Waals surface area contributed by atoms with Gasteiger partial charge in [0.2, 0.25) is 17.7 Å². The Bertz CT molecular complexity index is 1020. The van der Waals surface area contributed by atoms with Crippen LogP contribution in [-0.2, 0) is 14.4 Å². The van der Waals surface area contributed by atoms with Crippen molar-refractivity contribution >= 4 is 29.2 Å². The van der Waals surface area contributed by atoms with Crippen LogP contribution in [-0.4, -0.2) is 84.4 Å². The average molecular weight is 465 g/mol. The molecule has 34 heavy (non-hydrogen) atoms. The predicted molar refractivity (Wildman–Crippen MR) is 131 cm³/mol. The zero-order chi connectivity index (χ0) is 24.1. The van der Waals surface area contributed by atoms with Crippen molar-refractivity contribution in [3.8, 4) is 0 Å². The van der Waals surface area contributed by atoms with Gasteiger partial charge in [0.1, 0.15) is 11.9 Å². The molecule has 2 aliphatic rings. The number of pyridine rings is 1. The van der Waals surface area contributed by atoms with Crippen molar-refractivity contribution in [3.63, 3.8) is 0 Å². The first-order valence-corrected chi connectivity index (χ1v) is 11.7. The third-order valence-corrected chi connectivity index (χ3v) is 6.24. The maximum atomic E-state index is 13.1. The fourth-order valence-corrected chi connectivity index (χ4v) is 4.61. The normalized spacial score (nSPS) is 19.0. The number of carbonyl (C=O) groups is 3.